The second-order valence-corrected chi connectivity index (χ2v) is 5.83. The number of sulfonamides is 1. The molecule has 0 fully saturated rings. The van der Waals surface area contributed by atoms with E-state index >= 15 is 0 Å². The minimum atomic E-state index is -3.63. The van der Waals surface area contributed by atoms with E-state index in [9.17, 15) is 12.8 Å². The molecule has 2 N–H and O–H groups in total. The molecule has 0 saturated heterocycles. The van der Waals surface area contributed by atoms with Crippen molar-refractivity contribution >= 4 is 15.7 Å². The molecule has 0 unspecified atom stereocenters. The van der Waals surface area contributed by atoms with Crippen molar-refractivity contribution in [1.29, 1.82) is 0 Å². The van der Waals surface area contributed by atoms with Crippen LogP contribution in [-0.4, -0.2) is 37.0 Å². The second-order valence-electron chi connectivity index (χ2n) is 3.94. The molecule has 0 radical (unpaired) electrons. The molecule has 1 aromatic carbocycles. The summed E-state index contributed by atoms with van der Waals surface area (Å²) in [4.78, 5) is -0.112. The number of rotatable bonds is 6. The Labute approximate surface area is 115 Å². The van der Waals surface area contributed by atoms with E-state index in [1.54, 1.807) is 17.1 Å². The van der Waals surface area contributed by atoms with Crippen LogP contribution in [0.25, 0.3) is 0 Å². The Morgan fingerprint density at radius 1 is 1.40 bits per heavy atom. The van der Waals surface area contributed by atoms with Gasteiger partial charge in [0.2, 0.25) is 10.0 Å². The normalized spacial score (nSPS) is 11.5. The predicted octanol–water partition coefficient (Wildman–Crippen LogP) is 0.437. The lowest BCUT2D eigenvalue weighted by Crippen LogP contribution is -2.19. The summed E-state index contributed by atoms with van der Waals surface area (Å²) >= 11 is 0. The first-order valence-electron chi connectivity index (χ1n) is 5.84. The van der Waals surface area contributed by atoms with Crippen LogP contribution in [0.4, 0.5) is 10.1 Å². The summed E-state index contributed by atoms with van der Waals surface area (Å²) in [5, 5.41) is 10.3. The average molecular weight is 299 g/mol. The van der Waals surface area contributed by atoms with E-state index in [1.165, 1.54) is 19.2 Å². The number of nitrogens with zero attached hydrogens (tertiary/aromatic N) is 3. The minimum Gasteiger partial charge on any atom is -0.381 e. The zero-order valence-corrected chi connectivity index (χ0v) is 11.6. The summed E-state index contributed by atoms with van der Waals surface area (Å²) in [6.45, 7) is 0.967. The lowest BCUT2D eigenvalue weighted by atomic mass is 10.3. The van der Waals surface area contributed by atoms with Gasteiger partial charge in [-0.15, -0.1) is 5.10 Å². The first-order valence-corrected chi connectivity index (χ1v) is 7.32. The highest BCUT2D eigenvalue weighted by molar-refractivity contribution is 7.89. The highest BCUT2D eigenvalue weighted by Gasteiger charge is 2.13. The molecule has 20 heavy (non-hydrogen) atoms. The maximum Gasteiger partial charge on any atom is 0.240 e. The molecule has 0 amide bonds. The molecule has 0 atom stereocenters. The average Bonchev–Trinajstić information content (AvgIpc) is 2.93. The molecule has 0 saturated carbocycles. The highest BCUT2D eigenvalue weighted by atomic mass is 32.2. The smallest absolute Gasteiger partial charge is 0.240 e. The number of anilines is 1. The van der Waals surface area contributed by atoms with Crippen LogP contribution in [0.5, 0.6) is 0 Å². The summed E-state index contributed by atoms with van der Waals surface area (Å²) < 4.78 is 40.6. The van der Waals surface area contributed by atoms with Gasteiger partial charge >= 0.3 is 0 Å². The van der Waals surface area contributed by atoms with Crippen molar-refractivity contribution in [3.05, 3.63) is 36.4 Å². The van der Waals surface area contributed by atoms with Gasteiger partial charge < -0.3 is 5.32 Å². The molecule has 9 heteroatoms. The molecule has 0 bridgehead atoms. The fourth-order valence-corrected chi connectivity index (χ4v) is 2.32. The van der Waals surface area contributed by atoms with E-state index in [1.807, 2.05) is 0 Å². The molecule has 0 aliphatic heterocycles. The van der Waals surface area contributed by atoms with Crippen LogP contribution in [0, 0.1) is 5.82 Å². The van der Waals surface area contributed by atoms with Crippen molar-refractivity contribution in [2.24, 2.45) is 0 Å². The maximum atomic E-state index is 13.8. The highest BCUT2D eigenvalue weighted by Crippen LogP contribution is 2.18. The molecule has 2 rings (SSSR count). The van der Waals surface area contributed by atoms with Gasteiger partial charge in [0.1, 0.15) is 5.82 Å². The number of aromatic nitrogens is 3. The second kappa shape index (κ2) is 5.97. The molecule has 108 valence electrons. The van der Waals surface area contributed by atoms with Crippen molar-refractivity contribution < 1.29 is 12.8 Å². The van der Waals surface area contributed by atoms with Gasteiger partial charge in [-0.25, -0.2) is 17.5 Å². The third-order valence-electron chi connectivity index (χ3n) is 2.65. The summed E-state index contributed by atoms with van der Waals surface area (Å²) in [7, 11) is -2.36. The number of hydrogen-bond acceptors (Lipinski definition) is 5. The number of halogens is 1. The van der Waals surface area contributed by atoms with Crippen LogP contribution >= 0.6 is 0 Å². The van der Waals surface area contributed by atoms with Crippen LogP contribution in [0.2, 0.25) is 0 Å². The largest absolute Gasteiger partial charge is 0.381 e. The van der Waals surface area contributed by atoms with Gasteiger partial charge in [-0.05, 0) is 25.2 Å². The standard InChI is InChI=1S/C11H14FN5O2S/c1-13-20(18,19)9-2-3-11(10(12)8-9)14-4-6-17-7-5-15-16-17/h2-3,5,7-8,13-14H,4,6H2,1H3. The van der Waals surface area contributed by atoms with E-state index < -0.39 is 15.8 Å². The fraction of sp³-hybridized carbons (Fsp3) is 0.273. The maximum absolute atomic E-state index is 13.8. The lowest BCUT2D eigenvalue weighted by Gasteiger charge is -2.09. The van der Waals surface area contributed by atoms with Gasteiger partial charge in [-0.3, -0.25) is 4.68 Å². The molecular formula is C11H14FN5O2S. The Hall–Kier alpha value is -2.00. The Morgan fingerprint density at radius 3 is 2.80 bits per heavy atom. The van der Waals surface area contributed by atoms with Gasteiger partial charge in [0.25, 0.3) is 0 Å². The minimum absolute atomic E-state index is 0.112. The van der Waals surface area contributed by atoms with Crippen LogP contribution in [0.15, 0.2) is 35.5 Å². The van der Waals surface area contributed by atoms with Crippen LogP contribution in [0.3, 0.4) is 0 Å². The topological polar surface area (TPSA) is 88.9 Å². The van der Waals surface area contributed by atoms with Crippen molar-refractivity contribution in [3.63, 3.8) is 0 Å². The number of nitrogens with one attached hydrogen (secondary N) is 2. The van der Waals surface area contributed by atoms with Gasteiger partial charge in [0, 0.05) is 12.7 Å². The van der Waals surface area contributed by atoms with E-state index in [4.69, 9.17) is 0 Å². The van der Waals surface area contributed by atoms with E-state index in [2.05, 4.69) is 20.4 Å². The molecule has 1 aromatic heterocycles. The molecular weight excluding hydrogens is 285 g/mol. The molecule has 0 aliphatic rings. The molecule has 0 spiro atoms. The number of hydrogen-bond donors (Lipinski definition) is 2. The molecule has 1 heterocycles. The van der Waals surface area contributed by atoms with Crippen molar-refractivity contribution in [3.8, 4) is 0 Å². The van der Waals surface area contributed by atoms with E-state index in [-0.39, 0.29) is 10.6 Å². The first-order chi connectivity index (χ1) is 9.53. The first kappa shape index (κ1) is 14.4. The molecule has 2 aromatic rings. The van der Waals surface area contributed by atoms with Crippen LogP contribution in [-0.2, 0) is 16.6 Å². The SMILES string of the molecule is CNS(=O)(=O)c1ccc(NCCn2ccnn2)c(F)c1. The Kier molecular flexibility index (Phi) is 4.30. The summed E-state index contributed by atoms with van der Waals surface area (Å²) in [5.41, 5.74) is 0.236. The predicted molar refractivity (Wildman–Crippen MR) is 71.2 cm³/mol. The Morgan fingerprint density at radius 2 is 2.20 bits per heavy atom. The van der Waals surface area contributed by atoms with Gasteiger partial charge in [-0.1, -0.05) is 5.21 Å². The zero-order chi connectivity index (χ0) is 14.6. The van der Waals surface area contributed by atoms with Crippen molar-refractivity contribution in [2.45, 2.75) is 11.4 Å². The fourth-order valence-electron chi connectivity index (χ4n) is 1.58. The van der Waals surface area contributed by atoms with Crippen LogP contribution < -0.4 is 10.0 Å². The van der Waals surface area contributed by atoms with Crippen LogP contribution in [0.1, 0.15) is 0 Å². The zero-order valence-electron chi connectivity index (χ0n) is 10.7. The third kappa shape index (κ3) is 3.31. The third-order valence-corrected chi connectivity index (χ3v) is 4.06. The van der Waals surface area contributed by atoms with Crippen molar-refractivity contribution in [2.75, 3.05) is 18.9 Å². The van der Waals surface area contributed by atoms with Gasteiger partial charge in [-0.2, -0.15) is 0 Å². The van der Waals surface area contributed by atoms with E-state index in [0.29, 0.717) is 13.1 Å². The quantitative estimate of drug-likeness (QED) is 0.808. The number of benzene rings is 1. The summed E-state index contributed by atoms with van der Waals surface area (Å²) in [6, 6.07) is 3.71. The lowest BCUT2D eigenvalue weighted by molar-refractivity contribution is 0.583. The van der Waals surface area contributed by atoms with E-state index in [0.717, 1.165) is 6.07 Å². The van der Waals surface area contributed by atoms with Crippen molar-refractivity contribution in [1.82, 2.24) is 19.7 Å². The summed E-state index contributed by atoms with van der Waals surface area (Å²) in [6.07, 6.45) is 3.25. The Bertz CT molecular complexity index is 672. The van der Waals surface area contributed by atoms with Gasteiger partial charge in [0.05, 0.1) is 23.3 Å². The molecule has 7 nitrogen and oxygen atoms in total. The monoisotopic (exact) mass is 299 g/mol. The molecule has 0 aliphatic carbocycles. The van der Waals surface area contributed by atoms with Gasteiger partial charge in [0.15, 0.2) is 0 Å². The summed E-state index contributed by atoms with van der Waals surface area (Å²) in [5.74, 6) is -0.625. The Balaban J connectivity index is 2.03.